The smallest absolute Gasteiger partial charge is 0.269 e. The van der Waals surface area contributed by atoms with Gasteiger partial charge in [-0.15, -0.1) is 10.2 Å². The van der Waals surface area contributed by atoms with Crippen molar-refractivity contribution in [2.24, 2.45) is 0 Å². The van der Waals surface area contributed by atoms with E-state index in [1.807, 2.05) is 12.1 Å². The van der Waals surface area contributed by atoms with Crippen LogP contribution in [0.15, 0.2) is 52.9 Å². The van der Waals surface area contributed by atoms with Gasteiger partial charge in [0.05, 0.1) is 0 Å². The molecule has 0 saturated heterocycles. The molecule has 0 fully saturated rings. The maximum Gasteiger partial charge on any atom is 0.269 e. The van der Waals surface area contributed by atoms with E-state index >= 15 is 0 Å². The van der Waals surface area contributed by atoms with Gasteiger partial charge in [0, 0.05) is 22.2 Å². The van der Waals surface area contributed by atoms with Crippen molar-refractivity contribution in [1.82, 2.24) is 14.9 Å². The minimum Gasteiger partial charge on any atom is -0.296 e. The molecule has 2 N–H and O–H groups in total. The number of hydrogen-bond donors (Lipinski definition) is 2. The number of nitrogens with zero attached hydrogens (tertiary/aromatic N) is 2. The van der Waals surface area contributed by atoms with Gasteiger partial charge in [-0.1, -0.05) is 46.7 Å². The van der Waals surface area contributed by atoms with Crippen LogP contribution in [0.25, 0.3) is 0 Å². The molecule has 0 radical (unpaired) electrons. The van der Waals surface area contributed by atoms with Crippen LogP contribution in [-0.4, -0.2) is 31.1 Å². The molecule has 11 heteroatoms. The molecule has 7 nitrogen and oxygen atoms in total. The van der Waals surface area contributed by atoms with Crippen LogP contribution in [0.4, 0.5) is 5.13 Å². The Hall–Kier alpha value is -2.04. The highest BCUT2D eigenvalue weighted by Crippen LogP contribution is 2.21. The lowest BCUT2D eigenvalue weighted by Gasteiger charge is -2.04. The number of anilines is 1. The molecule has 0 unspecified atom stereocenters. The van der Waals surface area contributed by atoms with E-state index in [1.54, 1.807) is 36.4 Å². The molecule has 0 aliphatic rings. The number of rotatable bonds is 7. The first-order valence-electron chi connectivity index (χ1n) is 7.98. The normalized spacial score (nSPS) is 11.4. The van der Waals surface area contributed by atoms with Crippen LogP contribution in [0.2, 0.25) is 10.0 Å². The van der Waals surface area contributed by atoms with E-state index in [4.69, 9.17) is 23.2 Å². The van der Waals surface area contributed by atoms with Crippen molar-refractivity contribution in [3.63, 3.8) is 0 Å². The number of benzene rings is 2. The van der Waals surface area contributed by atoms with E-state index in [0.717, 1.165) is 16.9 Å². The van der Waals surface area contributed by atoms with Gasteiger partial charge < -0.3 is 0 Å². The van der Waals surface area contributed by atoms with Gasteiger partial charge in [0.25, 0.3) is 15.9 Å². The summed E-state index contributed by atoms with van der Waals surface area (Å²) in [6, 6.07) is 13.4. The van der Waals surface area contributed by atoms with Gasteiger partial charge in [0.2, 0.25) is 9.47 Å². The van der Waals surface area contributed by atoms with Crippen LogP contribution in [0.3, 0.4) is 0 Å². The summed E-state index contributed by atoms with van der Waals surface area (Å²) in [5, 5.41) is 11.1. The van der Waals surface area contributed by atoms with Crippen LogP contribution in [-0.2, 0) is 16.4 Å². The summed E-state index contributed by atoms with van der Waals surface area (Å²) in [7, 11) is -3.82. The van der Waals surface area contributed by atoms with Crippen LogP contribution < -0.4 is 10.0 Å². The molecular weight excluding hydrogens is 443 g/mol. The number of carbonyl (C=O) groups is 1. The number of sulfonamides is 1. The molecule has 0 saturated carbocycles. The molecule has 0 aliphatic heterocycles. The number of hydrogen-bond acceptors (Lipinski definition) is 6. The number of amides is 1. The van der Waals surface area contributed by atoms with Crippen LogP contribution in [0.5, 0.6) is 0 Å². The fraction of sp³-hybridized carbons (Fsp3) is 0.118. The Balaban J connectivity index is 1.59. The molecule has 1 aromatic heterocycles. The van der Waals surface area contributed by atoms with Gasteiger partial charge in [0.15, 0.2) is 0 Å². The molecular formula is C17H14Cl2N4O3S2. The highest BCUT2D eigenvalue weighted by molar-refractivity contribution is 7.91. The SMILES string of the molecule is O=C(Nc1nnc(S(=O)(=O)NCCc2ccc(Cl)cc2)s1)c1ccc(Cl)cc1. The van der Waals surface area contributed by atoms with Crippen molar-refractivity contribution in [1.29, 1.82) is 0 Å². The molecule has 0 spiro atoms. The summed E-state index contributed by atoms with van der Waals surface area (Å²) in [6.45, 7) is 0.190. The fourth-order valence-corrected chi connectivity index (χ4v) is 4.40. The Kier molecular flexibility index (Phi) is 6.63. The van der Waals surface area contributed by atoms with Crippen molar-refractivity contribution in [3.05, 3.63) is 69.7 Å². The second kappa shape index (κ2) is 8.97. The van der Waals surface area contributed by atoms with Gasteiger partial charge in [-0.2, -0.15) is 0 Å². The first-order valence-corrected chi connectivity index (χ1v) is 11.0. The summed E-state index contributed by atoms with van der Waals surface area (Å²) in [5.41, 5.74) is 1.31. The van der Waals surface area contributed by atoms with E-state index in [-0.39, 0.29) is 16.0 Å². The third kappa shape index (κ3) is 5.49. The van der Waals surface area contributed by atoms with Crippen molar-refractivity contribution >= 4 is 55.6 Å². The van der Waals surface area contributed by atoms with E-state index in [0.29, 0.717) is 22.0 Å². The largest absolute Gasteiger partial charge is 0.296 e. The third-order valence-corrected chi connectivity index (χ3v) is 6.75. The van der Waals surface area contributed by atoms with Gasteiger partial charge in [-0.25, -0.2) is 13.1 Å². The van der Waals surface area contributed by atoms with Crippen molar-refractivity contribution < 1.29 is 13.2 Å². The second-order valence-electron chi connectivity index (χ2n) is 5.61. The van der Waals surface area contributed by atoms with E-state index < -0.39 is 15.9 Å². The molecule has 1 heterocycles. The zero-order valence-corrected chi connectivity index (χ0v) is 17.4. The summed E-state index contributed by atoms with van der Waals surface area (Å²) in [6.07, 6.45) is 0.495. The van der Waals surface area contributed by atoms with E-state index in [2.05, 4.69) is 20.2 Å². The molecule has 0 bridgehead atoms. The maximum atomic E-state index is 12.3. The lowest BCUT2D eigenvalue weighted by Crippen LogP contribution is -2.25. The summed E-state index contributed by atoms with van der Waals surface area (Å²) >= 11 is 12.4. The molecule has 0 atom stereocenters. The van der Waals surface area contributed by atoms with E-state index in [9.17, 15) is 13.2 Å². The minimum atomic E-state index is -3.82. The molecule has 28 heavy (non-hydrogen) atoms. The Bertz CT molecular complexity index is 1070. The number of halogens is 2. The summed E-state index contributed by atoms with van der Waals surface area (Å²) in [4.78, 5) is 12.1. The Morgan fingerprint density at radius 3 is 2.21 bits per heavy atom. The second-order valence-corrected chi connectivity index (χ2v) is 9.40. The van der Waals surface area contributed by atoms with Crippen molar-refractivity contribution in [2.45, 2.75) is 10.8 Å². The average molecular weight is 457 g/mol. The summed E-state index contributed by atoms with van der Waals surface area (Å²) in [5.74, 6) is -0.438. The van der Waals surface area contributed by atoms with Crippen molar-refractivity contribution in [2.75, 3.05) is 11.9 Å². The minimum absolute atomic E-state index is 0.0815. The Morgan fingerprint density at radius 1 is 0.964 bits per heavy atom. The van der Waals surface area contributed by atoms with Crippen LogP contribution in [0.1, 0.15) is 15.9 Å². The topological polar surface area (TPSA) is 101 Å². The number of carbonyl (C=O) groups excluding carboxylic acids is 1. The standard InChI is InChI=1S/C17H14Cl2N4O3S2/c18-13-5-1-11(2-6-13)9-10-20-28(25,26)17-23-22-16(27-17)21-15(24)12-3-7-14(19)8-4-12/h1-8,20H,9-10H2,(H,21,22,24). The molecule has 1 amide bonds. The summed E-state index contributed by atoms with van der Waals surface area (Å²) < 4.78 is 26.9. The first-order chi connectivity index (χ1) is 13.3. The lowest BCUT2D eigenvalue weighted by atomic mass is 10.2. The quantitative estimate of drug-likeness (QED) is 0.528. The van der Waals surface area contributed by atoms with Crippen LogP contribution in [0, 0.1) is 0 Å². The Labute approximate surface area is 175 Å². The third-order valence-electron chi connectivity index (χ3n) is 3.58. The van der Waals surface area contributed by atoms with Gasteiger partial charge in [-0.05, 0) is 48.4 Å². The lowest BCUT2D eigenvalue weighted by molar-refractivity contribution is 0.102. The van der Waals surface area contributed by atoms with Crippen molar-refractivity contribution in [3.8, 4) is 0 Å². The highest BCUT2D eigenvalue weighted by Gasteiger charge is 2.20. The molecule has 3 aromatic rings. The number of nitrogens with one attached hydrogen (secondary N) is 2. The molecule has 146 valence electrons. The predicted octanol–water partition coefficient (Wildman–Crippen LogP) is 3.62. The first kappa shape index (κ1) is 20.7. The molecule has 0 aliphatic carbocycles. The monoisotopic (exact) mass is 456 g/mol. The molecule has 2 aromatic carbocycles. The van der Waals surface area contributed by atoms with Gasteiger partial charge in [-0.3, -0.25) is 10.1 Å². The van der Waals surface area contributed by atoms with Gasteiger partial charge in [0.1, 0.15) is 0 Å². The van der Waals surface area contributed by atoms with Crippen LogP contribution >= 0.6 is 34.5 Å². The highest BCUT2D eigenvalue weighted by atomic mass is 35.5. The maximum absolute atomic E-state index is 12.3. The predicted molar refractivity (Wildman–Crippen MR) is 110 cm³/mol. The average Bonchev–Trinajstić information content (AvgIpc) is 3.13. The van der Waals surface area contributed by atoms with E-state index in [1.165, 1.54) is 0 Å². The Morgan fingerprint density at radius 2 is 1.57 bits per heavy atom. The molecule has 3 rings (SSSR count). The number of aromatic nitrogens is 2. The zero-order chi connectivity index (χ0) is 20.1. The van der Waals surface area contributed by atoms with Gasteiger partial charge >= 0.3 is 0 Å². The fourth-order valence-electron chi connectivity index (χ4n) is 2.18. The zero-order valence-electron chi connectivity index (χ0n) is 14.2.